The highest BCUT2D eigenvalue weighted by molar-refractivity contribution is 8.00. The van der Waals surface area contributed by atoms with Crippen molar-refractivity contribution < 1.29 is 4.79 Å². The fourth-order valence-corrected chi connectivity index (χ4v) is 3.58. The summed E-state index contributed by atoms with van der Waals surface area (Å²) >= 11 is 8.82. The predicted octanol–water partition coefficient (Wildman–Crippen LogP) is 5.50. The van der Waals surface area contributed by atoms with Crippen LogP contribution in [0.5, 0.6) is 0 Å². The van der Waals surface area contributed by atoms with Crippen molar-refractivity contribution in [2.24, 2.45) is 0 Å². The van der Waals surface area contributed by atoms with Gasteiger partial charge in [-0.3, -0.25) is 4.79 Å². The number of rotatable bonds is 5. The van der Waals surface area contributed by atoms with E-state index < -0.39 is 0 Å². The van der Waals surface area contributed by atoms with Crippen molar-refractivity contribution in [2.75, 3.05) is 11.1 Å². The summed E-state index contributed by atoms with van der Waals surface area (Å²) in [5, 5.41) is 6.07. The van der Waals surface area contributed by atoms with Crippen LogP contribution in [0.4, 0.5) is 5.13 Å². The molecule has 0 saturated heterocycles. The summed E-state index contributed by atoms with van der Waals surface area (Å²) in [5.74, 6) is 0.302. The smallest absolute Gasteiger partial charge is 0.236 e. The van der Waals surface area contributed by atoms with Gasteiger partial charge in [0, 0.05) is 20.9 Å². The van der Waals surface area contributed by atoms with Gasteiger partial charge in [0.25, 0.3) is 0 Å². The number of aromatic nitrogens is 1. The Labute approximate surface area is 154 Å². The number of benzene rings is 2. The van der Waals surface area contributed by atoms with E-state index in [1.165, 1.54) is 28.7 Å². The number of nitrogens with one attached hydrogen (secondary N) is 1. The second-order valence-corrected chi connectivity index (χ2v) is 7.54. The number of aryl methyl sites for hydroxylation is 1. The molecule has 24 heavy (non-hydrogen) atoms. The van der Waals surface area contributed by atoms with Gasteiger partial charge < -0.3 is 5.32 Å². The molecule has 0 bridgehead atoms. The van der Waals surface area contributed by atoms with E-state index in [2.05, 4.69) is 10.3 Å². The Morgan fingerprint density at radius 1 is 1.17 bits per heavy atom. The molecule has 3 rings (SSSR count). The Kier molecular flexibility index (Phi) is 5.56. The van der Waals surface area contributed by atoms with E-state index in [1.54, 1.807) is 0 Å². The van der Waals surface area contributed by atoms with E-state index in [1.807, 2.05) is 60.8 Å². The molecule has 0 unspecified atom stereocenters. The van der Waals surface area contributed by atoms with Crippen LogP contribution in [0.2, 0.25) is 5.02 Å². The average molecular weight is 375 g/mol. The predicted molar refractivity (Wildman–Crippen MR) is 103 cm³/mol. The Balaban J connectivity index is 1.57. The Bertz CT molecular complexity index is 829. The van der Waals surface area contributed by atoms with Crippen molar-refractivity contribution in [2.45, 2.75) is 11.8 Å². The zero-order valence-electron chi connectivity index (χ0n) is 13.0. The van der Waals surface area contributed by atoms with Crippen LogP contribution in [0.3, 0.4) is 0 Å². The molecule has 1 aromatic heterocycles. The zero-order chi connectivity index (χ0) is 16.9. The molecule has 0 aliphatic carbocycles. The topological polar surface area (TPSA) is 42.0 Å². The first-order valence-electron chi connectivity index (χ1n) is 7.31. The van der Waals surface area contributed by atoms with Crippen molar-refractivity contribution >= 4 is 45.7 Å². The van der Waals surface area contributed by atoms with E-state index in [4.69, 9.17) is 11.6 Å². The highest BCUT2D eigenvalue weighted by Crippen LogP contribution is 2.26. The van der Waals surface area contributed by atoms with Crippen molar-refractivity contribution in [1.29, 1.82) is 0 Å². The molecule has 1 N–H and O–H groups in total. The summed E-state index contributed by atoms with van der Waals surface area (Å²) in [4.78, 5) is 17.6. The fourth-order valence-electron chi connectivity index (χ4n) is 2.02. The third kappa shape index (κ3) is 4.60. The molecule has 0 atom stereocenters. The van der Waals surface area contributed by atoms with Crippen molar-refractivity contribution in [3.63, 3.8) is 0 Å². The van der Waals surface area contributed by atoms with Gasteiger partial charge in [0.2, 0.25) is 5.91 Å². The highest BCUT2D eigenvalue weighted by atomic mass is 35.5. The lowest BCUT2D eigenvalue weighted by molar-refractivity contribution is -0.113. The highest BCUT2D eigenvalue weighted by Gasteiger charge is 2.08. The zero-order valence-corrected chi connectivity index (χ0v) is 15.3. The standard InChI is InChI=1S/C18H15ClN2OS2/c1-12-2-8-15(9-3-12)23-11-17(22)21-18-20-16(10-24-18)13-4-6-14(19)7-5-13/h2-10H,11H2,1H3,(H,20,21,22). The molecule has 0 radical (unpaired) electrons. The minimum Gasteiger partial charge on any atom is -0.301 e. The van der Waals surface area contributed by atoms with Gasteiger partial charge in [-0.2, -0.15) is 0 Å². The number of halogens is 1. The summed E-state index contributed by atoms with van der Waals surface area (Å²) in [6.45, 7) is 2.04. The second kappa shape index (κ2) is 7.83. The van der Waals surface area contributed by atoms with Crippen LogP contribution in [-0.2, 0) is 4.79 Å². The van der Waals surface area contributed by atoms with E-state index in [9.17, 15) is 4.79 Å². The molecule has 1 amide bonds. The second-order valence-electron chi connectivity index (χ2n) is 5.19. The summed E-state index contributed by atoms with van der Waals surface area (Å²) in [6, 6.07) is 15.6. The Morgan fingerprint density at radius 3 is 2.58 bits per heavy atom. The van der Waals surface area contributed by atoms with Gasteiger partial charge in [-0.15, -0.1) is 23.1 Å². The number of carbonyl (C=O) groups is 1. The lowest BCUT2D eigenvalue weighted by atomic mass is 10.2. The molecule has 0 aliphatic heterocycles. The third-order valence-corrected chi connectivity index (χ3v) is 5.30. The molecule has 3 aromatic rings. The molecular formula is C18H15ClN2OS2. The maximum absolute atomic E-state index is 12.1. The molecule has 122 valence electrons. The summed E-state index contributed by atoms with van der Waals surface area (Å²) in [5.41, 5.74) is 3.02. The van der Waals surface area contributed by atoms with E-state index in [0.717, 1.165) is 16.2 Å². The number of hydrogen-bond acceptors (Lipinski definition) is 4. The van der Waals surface area contributed by atoms with Gasteiger partial charge in [-0.25, -0.2) is 4.98 Å². The quantitative estimate of drug-likeness (QED) is 0.599. The number of nitrogens with zero attached hydrogens (tertiary/aromatic N) is 1. The lowest BCUT2D eigenvalue weighted by Gasteiger charge is -2.02. The fraction of sp³-hybridized carbons (Fsp3) is 0.111. The number of hydrogen-bond donors (Lipinski definition) is 1. The van der Waals surface area contributed by atoms with E-state index in [0.29, 0.717) is 15.9 Å². The maximum Gasteiger partial charge on any atom is 0.236 e. The van der Waals surface area contributed by atoms with Crippen LogP contribution in [0.25, 0.3) is 11.3 Å². The summed E-state index contributed by atoms with van der Waals surface area (Å²) in [7, 11) is 0. The number of thioether (sulfide) groups is 1. The SMILES string of the molecule is Cc1ccc(SCC(=O)Nc2nc(-c3ccc(Cl)cc3)cs2)cc1. The third-order valence-electron chi connectivity index (χ3n) is 3.28. The lowest BCUT2D eigenvalue weighted by Crippen LogP contribution is -2.13. The van der Waals surface area contributed by atoms with Crippen LogP contribution < -0.4 is 5.32 Å². The molecular weight excluding hydrogens is 360 g/mol. The summed E-state index contributed by atoms with van der Waals surface area (Å²) in [6.07, 6.45) is 0. The van der Waals surface area contributed by atoms with Crippen LogP contribution in [0.1, 0.15) is 5.56 Å². The number of amides is 1. The van der Waals surface area contributed by atoms with Gasteiger partial charge in [-0.1, -0.05) is 41.4 Å². The van der Waals surface area contributed by atoms with Gasteiger partial charge >= 0.3 is 0 Å². The molecule has 1 heterocycles. The Morgan fingerprint density at radius 2 is 1.88 bits per heavy atom. The van der Waals surface area contributed by atoms with Crippen molar-refractivity contribution in [1.82, 2.24) is 4.98 Å². The Hall–Kier alpha value is -1.82. The van der Waals surface area contributed by atoms with Gasteiger partial charge in [-0.05, 0) is 31.2 Å². The first kappa shape index (κ1) is 17.0. The van der Waals surface area contributed by atoms with Gasteiger partial charge in [0.1, 0.15) is 0 Å². The van der Waals surface area contributed by atoms with Crippen molar-refractivity contribution in [3.05, 3.63) is 64.5 Å². The van der Waals surface area contributed by atoms with Crippen LogP contribution in [-0.4, -0.2) is 16.6 Å². The van der Waals surface area contributed by atoms with E-state index in [-0.39, 0.29) is 5.91 Å². The number of thiazole rings is 1. The molecule has 6 heteroatoms. The number of carbonyl (C=O) groups excluding carboxylic acids is 1. The van der Waals surface area contributed by atoms with Gasteiger partial charge in [0.05, 0.1) is 11.4 Å². The minimum atomic E-state index is -0.0578. The van der Waals surface area contributed by atoms with Crippen LogP contribution in [0.15, 0.2) is 58.8 Å². The molecule has 0 fully saturated rings. The van der Waals surface area contributed by atoms with Crippen LogP contribution in [0, 0.1) is 6.92 Å². The molecule has 2 aromatic carbocycles. The van der Waals surface area contributed by atoms with Gasteiger partial charge in [0.15, 0.2) is 5.13 Å². The van der Waals surface area contributed by atoms with E-state index >= 15 is 0 Å². The molecule has 0 spiro atoms. The summed E-state index contributed by atoms with van der Waals surface area (Å²) < 4.78 is 0. The largest absolute Gasteiger partial charge is 0.301 e. The molecule has 0 aliphatic rings. The average Bonchev–Trinajstić information content (AvgIpc) is 3.03. The normalized spacial score (nSPS) is 10.6. The first-order chi connectivity index (χ1) is 11.6. The number of anilines is 1. The minimum absolute atomic E-state index is 0.0578. The molecule has 0 saturated carbocycles. The first-order valence-corrected chi connectivity index (χ1v) is 9.55. The van der Waals surface area contributed by atoms with Crippen LogP contribution >= 0.6 is 34.7 Å². The maximum atomic E-state index is 12.1. The molecule has 3 nitrogen and oxygen atoms in total. The monoisotopic (exact) mass is 374 g/mol. The van der Waals surface area contributed by atoms with Crippen molar-refractivity contribution in [3.8, 4) is 11.3 Å².